The molecule has 0 saturated carbocycles. The van der Waals surface area contributed by atoms with E-state index in [-0.39, 0.29) is 11.7 Å². The van der Waals surface area contributed by atoms with Gasteiger partial charge in [-0.25, -0.2) is 0 Å². The average molecular weight is 391 g/mol. The number of hydrogen-bond donors (Lipinski definition) is 1. The predicted molar refractivity (Wildman–Crippen MR) is 109 cm³/mol. The molecule has 0 radical (unpaired) electrons. The van der Waals surface area contributed by atoms with E-state index in [9.17, 15) is 4.79 Å². The summed E-state index contributed by atoms with van der Waals surface area (Å²) in [4.78, 5) is 12.3. The summed E-state index contributed by atoms with van der Waals surface area (Å²) in [6.07, 6.45) is 0. The number of ether oxygens (including phenoxy) is 1. The van der Waals surface area contributed by atoms with Crippen molar-refractivity contribution in [1.29, 1.82) is 0 Å². The fourth-order valence-corrected chi connectivity index (χ4v) is 3.34. The zero-order valence-corrected chi connectivity index (χ0v) is 15.9. The lowest BCUT2D eigenvalue weighted by atomic mass is 10.1. The number of carbonyl (C=O) groups is 1. The summed E-state index contributed by atoms with van der Waals surface area (Å²) in [5, 5.41) is 16.3. The van der Waals surface area contributed by atoms with Gasteiger partial charge in [0.25, 0.3) is 0 Å². The molecule has 2 heterocycles. The number of fused-ring (bicyclic) bond motifs is 1. The maximum atomic E-state index is 12.3. The first-order valence-electron chi connectivity index (χ1n) is 8.57. The third-order valence-corrected chi connectivity index (χ3v) is 4.91. The molecule has 4 rings (SSSR count). The molecule has 0 aliphatic carbocycles. The van der Waals surface area contributed by atoms with E-state index >= 15 is 0 Å². The number of hydrogen-bond acceptors (Lipinski definition) is 6. The van der Waals surface area contributed by atoms with Gasteiger partial charge >= 0.3 is 0 Å². The van der Waals surface area contributed by atoms with Gasteiger partial charge in [0, 0.05) is 17.3 Å². The van der Waals surface area contributed by atoms with E-state index in [0.29, 0.717) is 22.2 Å². The highest BCUT2D eigenvalue weighted by Crippen LogP contribution is 2.21. The lowest BCUT2D eigenvalue weighted by molar-refractivity contribution is -0.113. The van der Waals surface area contributed by atoms with Crippen LogP contribution in [0.25, 0.3) is 16.9 Å². The normalized spacial score (nSPS) is 10.8. The monoisotopic (exact) mass is 391 g/mol. The maximum absolute atomic E-state index is 12.3. The van der Waals surface area contributed by atoms with Gasteiger partial charge in [-0.05, 0) is 24.3 Å². The summed E-state index contributed by atoms with van der Waals surface area (Å²) in [7, 11) is 1.59. The fraction of sp³-hybridized carbons (Fsp3) is 0.100. The van der Waals surface area contributed by atoms with Crippen molar-refractivity contribution in [3.8, 4) is 17.0 Å². The van der Waals surface area contributed by atoms with Crippen LogP contribution in [-0.4, -0.2) is 38.6 Å². The van der Waals surface area contributed by atoms with E-state index in [1.165, 1.54) is 11.8 Å². The summed E-state index contributed by atoms with van der Waals surface area (Å²) in [5.41, 5.74) is 3.14. The van der Waals surface area contributed by atoms with Crippen molar-refractivity contribution in [3.05, 3.63) is 66.7 Å². The van der Waals surface area contributed by atoms with Gasteiger partial charge in [-0.15, -0.1) is 10.2 Å². The van der Waals surface area contributed by atoms with Crippen LogP contribution in [-0.2, 0) is 4.79 Å². The quantitative estimate of drug-likeness (QED) is 0.507. The van der Waals surface area contributed by atoms with Crippen molar-refractivity contribution in [2.75, 3.05) is 18.2 Å². The van der Waals surface area contributed by atoms with Crippen molar-refractivity contribution >= 4 is 29.0 Å². The Labute approximate surface area is 165 Å². The Balaban J connectivity index is 1.47. The Morgan fingerprint density at radius 1 is 1.07 bits per heavy atom. The van der Waals surface area contributed by atoms with Gasteiger partial charge in [0.1, 0.15) is 5.75 Å². The molecule has 0 unspecified atom stereocenters. The molecule has 2 aromatic heterocycles. The van der Waals surface area contributed by atoms with Crippen LogP contribution in [0.1, 0.15) is 0 Å². The fourth-order valence-electron chi connectivity index (χ4n) is 2.65. The number of carbonyl (C=O) groups excluding carboxylic acids is 1. The number of aromatic nitrogens is 4. The molecule has 4 aromatic rings. The minimum Gasteiger partial charge on any atom is -0.497 e. The van der Waals surface area contributed by atoms with E-state index in [1.54, 1.807) is 17.7 Å². The number of methoxy groups -OCH3 is 1. The van der Waals surface area contributed by atoms with E-state index in [2.05, 4.69) is 20.6 Å². The topological polar surface area (TPSA) is 81.4 Å². The number of nitrogens with zero attached hydrogens (tertiary/aromatic N) is 4. The van der Waals surface area contributed by atoms with Gasteiger partial charge < -0.3 is 10.1 Å². The Morgan fingerprint density at radius 2 is 1.93 bits per heavy atom. The minimum atomic E-state index is -0.144. The first kappa shape index (κ1) is 18.0. The van der Waals surface area contributed by atoms with Gasteiger partial charge in [0.15, 0.2) is 5.65 Å². The second-order valence-electron chi connectivity index (χ2n) is 5.91. The third kappa shape index (κ3) is 3.96. The molecule has 7 nitrogen and oxygen atoms in total. The van der Waals surface area contributed by atoms with Crippen LogP contribution >= 0.6 is 11.8 Å². The van der Waals surface area contributed by atoms with Crippen molar-refractivity contribution in [3.63, 3.8) is 0 Å². The van der Waals surface area contributed by atoms with E-state index < -0.39 is 0 Å². The standard InChI is InChI=1S/C20H17N5O2S/c1-27-16-9-5-8-15(12-16)21-19(26)13-28-20-23-22-18-11-10-17(24-25(18)20)14-6-3-2-4-7-14/h2-12H,13H2,1H3,(H,21,26). The van der Waals surface area contributed by atoms with Crippen LogP contribution in [0, 0.1) is 0 Å². The lowest BCUT2D eigenvalue weighted by Gasteiger charge is -2.06. The molecule has 28 heavy (non-hydrogen) atoms. The smallest absolute Gasteiger partial charge is 0.234 e. The zero-order chi connectivity index (χ0) is 19.3. The summed E-state index contributed by atoms with van der Waals surface area (Å²) >= 11 is 1.28. The molecule has 8 heteroatoms. The molecule has 0 fully saturated rings. The second-order valence-corrected chi connectivity index (χ2v) is 6.85. The number of nitrogens with one attached hydrogen (secondary N) is 1. The molecule has 2 aromatic carbocycles. The number of amides is 1. The summed E-state index contributed by atoms with van der Waals surface area (Å²) in [6, 6.07) is 20.9. The van der Waals surface area contributed by atoms with E-state index in [0.717, 1.165) is 11.3 Å². The highest BCUT2D eigenvalue weighted by molar-refractivity contribution is 7.99. The number of thioether (sulfide) groups is 1. The number of anilines is 1. The predicted octanol–water partition coefficient (Wildman–Crippen LogP) is 3.53. The van der Waals surface area contributed by atoms with E-state index in [4.69, 9.17) is 4.74 Å². The van der Waals surface area contributed by atoms with Crippen LogP contribution in [0.2, 0.25) is 0 Å². The Morgan fingerprint density at radius 3 is 2.75 bits per heavy atom. The molecule has 140 valence electrons. The Kier molecular flexibility index (Phi) is 5.20. The zero-order valence-electron chi connectivity index (χ0n) is 15.1. The van der Waals surface area contributed by atoms with Crippen molar-refractivity contribution in [2.24, 2.45) is 0 Å². The molecule has 0 bridgehead atoms. The van der Waals surface area contributed by atoms with Crippen molar-refractivity contribution in [1.82, 2.24) is 19.8 Å². The lowest BCUT2D eigenvalue weighted by Crippen LogP contribution is -2.14. The summed E-state index contributed by atoms with van der Waals surface area (Å²) in [5.74, 6) is 0.732. The van der Waals surface area contributed by atoms with Gasteiger partial charge in [0.05, 0.1) is 18.6 Å². The van der Waals surface area contributed by atoms with Crippen LogP contribution < -0.4 is 10.1 Å². The van der Waals surface area contributed by atoms with Gasteiger partial charge in [-0.1, -0.05) is 48.2 Å². The molecule has 0 atom stereocenters. The van der Waals surface area contributed by atoms with Crippen molar-refractivity contribution < 1.29 is 9.53 Å². The minimum absolute atomic E-state index is 0.144. The molecule has 1 N–H and O–H groups in total. The van der Waals surface area contributed by atoms with Crippen LogP contribution in [0.15, 0.2) is 71.9 Å². The average Bonchev–Trinajstić information content (AvgIpc) is 3.15. The highest BCUT2D eigenvalue weighted by Gasteiger charge is 2.12. The summed E-state index contributed by atoms with van der Waals surface area (Å²) in [6.45, 7) is 0. The third-order valence-electron chi connectivity index (χ3n) is 3.99. The largest absolute Gasteiger partial charge is 0.497 e. The first-order valence-corrected chi connectivity index (χ1v) is 9.56. The molecule has 0 saturated heterocycles. The molecular weight excluding hydrogens is 374 g/mol. The Bertz CT molecular complexity index is 1110. The van der Waals surface area contributed by atoms with Gasteiger partial charge in [-0.3, -0.25) is 4.79 Å². The molecule has 0 aliphatic rings. The Hall–Kier alpha value is -3.39. The van der Waals surface area contributed by atoms with Crippen LogP contribution in [0.3, 0.4) is 0 Å². The van der Waals surface area contributed by atoms with Gasteiger partial charge in [-0.2, -0.15) is 9.61 Å². The highest BCUT2D eigenvalue weighted by atomic mass is 32.2. The van der Waals surface area contributed by atoms with Crippen LogP contribution in [0.4, 0.5) is 5.69 Å². The van der Waals surface area contributed by atoms with E-state index in [1.807, 2.05) is 60.7 Å². The second kappa shape index (κ2) is 8.10. The van der Waals surface area contributed by atoms with Crippen molar-refractivity contribution in [2.45, 2.75) is 5.16 Å². The molecule has 1 amide bonds. The molecular formula is C20H17N5O2S. The van der Waals surface area contributed by atoms with Gasteiger partial charge in [0.2, 0.25) is 11.1 Å². The molecule has 0 spiro atoms. The molecule has 0 aliphatic heterocycles. The van der Waals surface area contributed by atoms with Crippen LogP contribution in [0.5, 0.6) is 5.75 Å². The number of rotatable bonds is 6. The summed E-state index contributed by atoms with van der Waals surface area (Å²) < 4.78 is 6.82. The SMILES string of the molecule is COc1cccc(NC(=O)CSc2nnc3ccc(-c4ccccc4)nn23)c1. The maximum Gasteiger partial charge on any atom is 0.234 e. The number of benzene rings is 2. The first-order chi connectivity index (χ1) is 13.7.